The summed E-state index contributed by atoms with van der Waals surface area (Å²) < 4.78 is 0. The standard InChI is InChI=1S/C18H23N/c1-18(13-19-2,16-10-11-16)12-15-8-5-7-14-6-3-4-9-17(14)15/h3-9,16,19H,10-13H2,1-2H3. The zero-order valence-corrected chi connectivity index (χ0v) is 11.9. The van der Waals surface area contributed by atoms with Crippen LogP contribution in [0.1, 0.15) is 25.3 Å². The van der Waals surface area contributed by atoms with Crippen molar-refractivity contribution in [1.82, 2.24) is 5.32 Å². The van der Waals surface area contributed by atoms with E-state index in [4.69, 9.17) is 0 Å². The third-order valence-electron chi connectivity index (χ3n) is 4.62. The second-order valence-electron chi connectivity index (χ2n) is 6.27. The molecule has 2 aromatic carbocycles. The molecule has 1 aliphatic carbocycles. The first-order valence-corrected chi connectivity index (χ1v) is 7.34. The summed E-state index contributed by atoms with van der Waals surface area (Å²) in [7, 11) is 2.07. The highest BCUT2D eigenvalue weighted by atomic mass is 14.8. The van der Waals surface area contributed by atoms with Gasteiger partial charge in [-0.1, -0.05) is 49.4 Å². The molecule has 0 aliphatic heterocycles. The Kier molecular flexibility index (Phi) is 3.32. The molecule has 19 heavy (non-hydrogen) atoms. The summed E-state index contributed by atoms with van der Waals surface area (Å²) in [5.74, 6) is 0.902. The Labute approximate surface area is 116 Å². The van der Waals surface area contributed by atoms with Crippen molar-refractivity contribution < 1.29 is 0 Å². The predicted octanol–water partition coefficient (Wildman–Crippen LogP) is 4.02. The van der Waals surface area contributed by atoms with Gasteiger partial charge in [-0.3, -0.25) is 0 Å². The average Bonchev–Trinajstić information content (AvgIpc) is 3.24. The fourth-order valence-corrected chi connectivity index (χ4v) is 3.42. The van der Waals surface area contributed by atoms with Gasteiger partial charge in [-0.2, -0.15) is 0 Å². The van der Waals surface area contributed by atoms with Crippen molar-refractivity contribution >= 4 is 10.8 Å². The van der Waals surface area contributed by atoms with Crippen molar-refractivity contribution in [3.63, 3.8) is 0 Å². The van der Waals surface area contributed by atoms with Crippen LogP contribution >= 0.6 is 0 Å². The van der Waals surface area contributed by atoms with Crippen LogP contribution in [0.15, 0.2) is 42.5 Å². The van der Waals surface area contributed by atoms with E-state index in [1.807, 2.05) is 0 Å². The van der Waals surface area contributed by atoms with Gasteiger partial charge in [-0.25, -0.2) is 0 Å². The third kappa shape index (κ3) is 2.52. The van der Waals surface area contributed by atoms with Gasteiger partial charge in [0.15, 0.2) is 0 Å². The lowest BCUT2D eigenvalue weighted by atomic mass is 9.78. The van der Waals surface area contributed by atoms with Crippen molar-refractivity contribution in [3.8, 4) is 0 Å². The van der Waals surface area contributed by atoms with Gasteiger partial charge in [0, 0.05) is 6.54 Å². The minimum absolute atomic E-state index is 0.402. The Bertz CT molecular complexity index is 565. The molecule has 0 amide bonds. The Morgan fingerprint density at radius 2 is 1.84 bits per heavy atom. The summed E-state index contributed by atoms with van der Waals surface area (Å²) in [6.07, 6.45) is 3.99. The summed E-state index contributed by atoms with van der Waals surface area (Å²) in [5.41, 5.74) is 1.90. The van der Waals surface area contributed by atoms with Crippen LogP contribution in [0, 0.1) is 11.3 Å². The van der Waals surface area contributed by atoms with Crippen molar-refractivity contribution in [2.45, 2.75) is 26.2 Å². The SMILES string of the molecule is CNCC(C)(Cc1cccc2ccccc12)C1CC1. The van der Waals surface area contributed by atoms with E-state index in [0.29, 0.717) is 5.41 Å². The molecule has 0 bridgehead atoms. The van der Waals surface area contributed by atoms with Crippen molar-refractivity contribution in [2.75, 3.05) is 13.6 Å². The largest absolute Gasteiger partial charge is 0.319 e. The minimum atomic E-state index is 0.402. The number of benzene rings is 2. The second kappa shape index (κ2) is 4.97. The van der Waals surface area contributed by atoms with Gasteiger partial charge in [0.25, 0.3) is 0 Å². The van der Waals surface area contributed by atoms with Gasteiger partial charge in [-0.15, -0.1) is 0 Å². The highest BCUT2D eigenvalue weighted by Crippen LogP contribution is 2.47. The van der Waals surface area contributed by atoms with Crippen LogP contribution < -0.4 is 5.32 Å². The quantitative estimate of drug-likeness (QED) is 0.848. The minimum Gasteiger partial charge on any atom is -0.319 e. The molecule has 0 heterocycles. The molecule has 0 radical (unpaired) electrons. The molecule has 0 aromatic heterocycles. The molecule has 1 saturated carbocycles. The van der Waals surface area contributed by atoms with Gasteiger partial charge in [0.05, 0.1) is 0 Å². The van der Waals surface area contributed by atoms with E-state index in [1.165, 1.54) is 35.6 Å². The Balaban J connectivity index is 1.95. The van der Waals surface area contributed by atoms with Crippen LogP contribution in [0.4, 0.5) is 0 Å². The molecule has 1 aliphatic rings. The predicted molar refractivity (Wildman–Crippen MR) is 82.4 cm³/mol. The van der Waals surface area contributed by atoms with Crippen LogP contribution in [0.25, 0.3) is 10.8 Å². The van der Waals surface area contributed by atoms with Gasteiger partial charge in [0.1, 0.15) is 0 Å². The number of fused-ring (bicyclic) bond motifs is 1. The van der Waals surface area contributed by atoms with Gasteiger partial charge in [0.2, 0.25) is 0 Å². The average molecular weight is 253 g/mol. The number of hydrogen-bond donors (Lipinski definition) is 1. The topological polar surface area (TPSA) is 12.0 Å². The Hall–Kier alpha value is -1.34. The van der Waals surface area contributed by atoms with E-state index in [0.717, 1.165) is 12.5 Å². The molecule has 1 N–H and O–H groups in total. The van der Waals surface area contributed by atoms with E-state index in [2.05, 4.69) is 61.8 Å². The van der Waals surface area contributed by atoms with E-state index in [1.54, 1.807) is 0 Å². The molecule has 2 aromatic rings. The van der Waals surface area contributed by atoms with E-state index < -0.39 is 0 Å². The molecule has 1 atom stereocenters. The first-order chi connectivity index (χ1) is 9.23. The molecule has 100 valence electrons. The van der Waals surface area contributed by atoms with Crippen LogP contribution in [-0.2, 0) is 6.42 Å². The first kappa shape index (κ1) is 12.7. The molecule has 1 heteroatoms. The summed E-state index contributed by atoms with van der Waals surface area (Å²) >= 11 is 0. The summed E-state index contributed by atoms with van der Waals surface area (Å²) in [4.78, 5) is 0. The van der Waals surface area contributed by atoms with Gasteiger partial charge < -0.3 is 5.32 Å². The normalized spacial score (nSPS) is 18.4. The number of hydrogen-bond acceptors (Lipinski definition) is 1. The fourth-order valence-electron chi connectivity index (χ4n) is 3.42. The lowest BCUT2D eigenvalue weighted by Crippen LogP contribution is -2.33. The summed E-state index contributed by atoms with van der Waals surface area (Å²) in [6, 6.07) is 15.5. The van der Waals surface area contributed by atoms with Crippen molar-refractivity contribution in [1.29, 1.82) is 0 Å². The Morgan fingerprint density at radius 1 is 1.11 bits per heavy atom. The third-order valence-corrected chi connectivity index (χ3v) is 4.62. The van der Waals surface area contributed by atoms with Crippen LogP contribution in [-0.4, -0.2) is 13.6 Å². The molecule has 0 saturated heterocycles. The monoisotopic (exact) mass is 253 g/mol. The second-order valence-corrected chi connectivity index (χ2v) is 6.27. The van der Waals surface area contributed by atoms with Crippen molar-refractivity contribution in [3.05, 3.63) is 48.0 Å². The Morgan fingerprint density at radius 3 is 2.58 bits per heavy atom. The molecular weight excluding hydrogens is 230 g/mol. The molecule has 1 fully saturated rings. The highest BCUT2D eigenvalue weighted by Gasteiger charge is 2.40. The molecule has 1 nitrogen and oxygen atoms in total. The van der Waals surface area contributed by atoms with Gasteiger partial charge >= 0.3 is 0 Å². The maximum Gasteiger partial charge on any atom is 0.000801 e. The maximum absolute atomic E-state index is 3.40. The van der Waals surface area contributed by atoms with E-state index in [-0.39, 0.29) is 0 Å². The van der Waals surface area contributed by atoms with Crippen molar-refractivity contribution in [2.24, 2.45) is 11.3 Å². The lowest BCUT2D eigenvalue weighted by molar-refractivity contribution is 0.263. The smallest absolute Gasteiger partial charge is 0.000801 e. The number of nitrogens with one attached hydrogen (secondary N) is 1. The van der Waals surface area contributed by atoms with Crippen LogP contribution in [0.5, 0.6) is 0 Å². The van der Waals surface area contributed by atoms with Crippen LogP contribution in [0.3, 0.4) is 0 Å². The van der Waals surface area contributed by atoms with E-state index in [9.17, 15) is 0 Å². The highest BCUT2D eigenvalue weighted by molar-refractivity contribution is 5.85. The zero-order valence-electron chi connectivity index (χ0n) is 11.9. The van der Waals surface area contributed by atoms with E-state index >= 15 is 0 Å². The molecular formula is C18H23N. The maximum atomic E-state index is 3.40. The molecule has 1 unspecified atom stereocenters. The number of rotatable bonds is 5. The van der Waals surface area contributed by atoms with Crippen LogP contribution in [0.2, 0.25) is 0 Å². The fraction of sp³-hybridized carbons (Fsp3) is 0.444. The zero-order chi connectivity index (χ0) is 13.3. The summed E-state index contributed by atoms with van der Waals surface area (Å²) in [5, 5.41) is 6.19. The van der Waals surface area contributed by atoms with Gasteiger partial charge in [-0.05, 0) is 54.0 Å². The summed E-state index contributed by atoms with van der Waals surface area (Å²) in [6.45, 7) is 3.56. The molecule has 3 rings (SSSR count). The first-order valence-electron chi connectivity index (χ1n) is 7.34. The molecule has 0 spiro atoms. The lowest BCUT2D eigenvalue weighted by Gasteiger charge is -2.30.